The van der Waals surface area contributed by atoms with Gasteiger partial charge in [-0.15, -0.1) is 0 Å². The van der Waals surface area contributed by atoms with Gasteiger partial charge in [0.25, 0.3) is 5.91 Å². The van der Waals surface area contributed by atoms with Gasteiger partial charge in [0.15, 0.2) is 0 Å². The van der Waals surface area contributed by atoms with Crippen molar-refractivity contribution in [3.8, 4) is 0 Å². The van der Waals surface area contributed by atoms with Gasteiger partial charge in [-0.3, -0.25) is 10.1 Å². The Morgan fingerprint density at radius 3 is 2.33 bits per heavy atom. The molecule has 0 atom stereocenters. The quantitative estimate of drug-likeness (QED) is 0.832. The zero-order valence-electron chi connectivity index (χ0n) is 11.7. The lowest BCUT2D eigenvalue weighted by Gasteiger charge is -2.09. The number of ether oxygens (including phenoxy) is 1. The highest BCUT2D eigenvalue weighted by Gasteiger charge is 2.31. The molecule has 1 aromatic carbocycles. The Morgan fingerprint density at radius 2 is 1.81 bits per heavy atom. The van der Waals surface area contributed by atoms with Crippen molar-refractivity contribution >= 4 is 17.6 Å². The fourth-order valence-electron chi connectivity index (χ4n) is 2.48. The van der Waals surface area contributed by atoms with Gasteiger partial charge in [0.2, 0.25) is 5.76 Å². The first-order valence-corrected chi connectivity index (χ1v) is 6.55. The molecule has 2 amide bonds. The van der Waals surface area contributed by atoms with E-state index in [-0.39, 0.29) is 5.76 Å². The number of aromatic nitrogens is 1. The normalized spacial score (nSPS) is 16.7. The Labute approximate surface area is 121 Å². The first-order chi connectivity index (χ1) is 10.1. The second-order valence-electron chi connectivity index (χ2n) is 4.90. The monoisotopic (exact) mass is 282 g/mol. The summed E-state index contributed by atoms with van der Waals surface area (Å²) in [6.07, 6.45) is -0.742. The first-order valence-electron chi connectivity index (χ1n) is 6.55. The minimum atomic E-state index is -0.742. The van der Waals surface area contributed by atoms with Gasteiger partial charge in [0.05, 0.1) is 0 Å². The maximum absolute atomic E-state index is 12.0. The molecule has 0 bridgehead atoms. The summed E-state index contributed by atoms with van der Waals surface area (Å²) in [5, 5.41) is 2.14. The molecule has 1 fully saturated rings. The van der Waals surface area contributed by atoms with Crippen LogP contribution in [0.15, 0.2) is 42.2 Å². The largest absolute Gasteiger partial charge is 0.419 e. The first kappa shape index (κ1) is 13.2. The molecular weight excluding hydrogens is 268 g/mol. The van der Waals surface area contributed by atoms with Crippen LogP contribution in [0.1, 0.15) is 22.5 Å². The molecule has 1 saturated heterocycles. The summed E-state index contributed by atoms with van der Waals surface area (Å²) in [6, 6.07) is 11.3. The van der Waals surface area contributed by atoms with Crippen molar-refractivity contribution in [1.29, 1.82) is 0 Å². The molecule has 0 radical (unpaired) electrons. The Balaban J connectivity index is 2.26. The highest BCUT2D eigenvalue weighted by molar-refractivity contribution is 6.13. The number of carbonyl (C=O) groups is 2. The molecule has 0 unspecified atom stereocenters. The molecule has 2 heterocycles. The van der Waals surface area contributed by atoms with Gasteiger partial charge in [0, 0.05) is 22.5 Å². The fourth-order valence-corrected chi connectivity index (χ4v) is 2.48. The number of cyclic esters (lactones) is 1. The van der Waals surface area contributed by atoms with Crippen LogP contribution in [0, 0.1) is 13.8 Å². The average molecular weight is 282 g/mol. The van der Waals surface area contributed by atoms with E-state index in [1.807, 2.05) is 50.2 Å². The van der Waals surface area contributed by atoms with Gasteiger partial charge in [-0.2, -0.15) is 0 Å². The predicted octanol–water partition coefficient (Wildman–Crippen LogP) is 2.66. The molecule has 21 heavy (non-hydrogen) atoms. The maximum Gasteiger partial charge on any atom is 0.419 e. The van der Waals surface area contributed by atoms with Gasteiger partial charge >= 0.3 is 6.09 Å². The maximum atomic E-state index is 12.0. The summed E-state index contributed by atoms with van der Waals surface area (Å²) in [4.78, 5) is 26.5. The van der Waals surface area contributed by atoms with Crippen LogP contribution in [0.4, 0.5) is 4.79 Å². The van der Waals surface area contributed by atoms with Crippen molar-refractivity contribution in [2.24, 2.45) is 0 Å². The molecule has 2 N–H and O–H groups in total. The lowest BCUT2D eigenvalue weighted by atomic mass is 9.96. The number of hydrogen-bond acceptors (Lipinski definition) is 3. The molecule has 106 valence electrons. The van der Waals surface area contributed by atoms with Crippen LogP contribution in [0.2, 0.25) is 0 Å². The third-order valence-electron chi connectivity index (χ3n) is 3.32. The summed E-state index contributed by atoms with van der Waals surface area (Å²) in [7, 11) is 0. The smallest absolute Gasteiger partial charge is 0.403 e. The van der Waals surface area contributed by atoms with Crippen LogP contribution in [0.5, 0.6) is 0 Å². The number of rotatable bonds is 2. The molecular formula is C16H14N2O3. The summed E-state index contributed by atoms with van der Waals surface area (Å²) in [6.45, 7) is 3.85. The topological polar surface area (TPSA) is 71.2 Å². The van der Waals surface area contributed by atoms with Crippen molar-refractivity contribution in [1.82, 2.24) is 10.3 Å². The van der Waals surface area contributed by atoms with Crippen molar-refractivity contribution in [3.05, 3.63) is 64.7 Å². The summed E-state index contributed by atoms with van der Waals surface area (Å²) >= 11 is 0. The zero-order valence-corrected chi connectivity index (χ0v) is 11.7. The highest BCUT2D eigenvalue weighted by atomic mass is 16.6. The van der Waals surface area contributed by atoms with Crippen LogP contribution < -0.4 is 5.32 Å². The van der Waals surface area contributed by atoms with Gasteiger partial charge in [-0.25, -0.2) is 4.79 Å². The number of nitrogens with one attached hydrogen (secondary N) is 2. The Hall–Kier alpha value is -2.82. The average Bonchev–Trinajstić information content (AvgIpc) is 2.94. The second-order valence-corrected chi connectivity index (χ2v) is 4.90. The molecule has 5 nitrogen and oxygen atoms in total. The molecule has 3 rings (SSSR count). The molecule has 0 spiro atoms. The van der Waals surface area contributed by atoms with Gasteiger partial charge in [0.1, 0.15) is 0 Å². The van der Waals surface area contributed by atoms with E-state index in [1.54, 1.807) is 0 Å². The molecule has 0 saturated carbocycles. The number of imide groups is 1. The van der Waals surface area contributed by atoms with E-state index in [0.29, 0.717) is 5.57 Å². The second kappa shape index (κ2) is 4.94. The van der Waals surface area contributed by atoms with Crippen molar-refractivity contribution < 1.29 is 14.3 Å². The van der Waals surface area contributed by atoms with E-state index < -0.39 is 12.0 Å². The number of aromatic amines is 1. The molecule has 0 aliphatic carbocycles. The number of amides is 2. The number of carbonyl (C=O) groups excluding carboxylic acids is 2. The Kier molecular flexibility index (Phi) is 3.10. The minimum absolute atomic E-state index is 0.0355. The summed E-state index contributed by atoms with van der Waals surface area (Å²) in [5.74, 6) is -0.481. The van der Waals surface area contributed by atoms with Crippen LogP contribution in [-0.2, 0) is 9.53 Å². The lowest BCUT2D eigenvalue weighted by molar-refractivity contribution is -0.116. The van der Waals surface area contributed by atoms with Crippen LogP contribution in [-0.4, -0.2) is 17.0 Å². The van der Waals surface area contributed by atoms with Crippen LogP contribution >= 0.6 is 0 Å². The van der Waals surface area contributed by atoms with E-state index in [4.69, 9.17) is 4.74 Å². The van der Waals surface area contributed by atoms with Crippen molar-refractivity contribution in [3.63, 3.8) is 0 Å². The molecule has 5 heteroatoms. The third-order valence-corrected chi connectivity index (χ3v) is 3.32. The van der Waals surface area contributed by atoms with Crippen LogP contribution in [0.25, 0.3) is 5.57 Å². The highest BCUT2D eigenvalue weighted by Crippen LogP contribution is 2.31. The molecule has 1 aromatic heterocycles. The molecule has 1 aliphatic rings. The van der Waals surface area contributed by atoms with Crippen LogP contribution in [0.3, 0.4) is 0 Å². The Morgan fingerprint density at radius 1 is 1.10 bits per heavy atom. The fraction of sp³-hybridized carbons (Fsp3) is 0.125. The number of alkyl carbamates (subject to hydrolysis) is 1. The van der Waals surface area contributed by atoms with Gasteiger partial charge in [-0.05, 0) is 25.5 Å². The van der Waals surface area contributed by atoms with Crippen molar-refractivity contribution in [2.45, 2.75) is 13.8 Å². The number of hydrogen-bond donors (Lipinski definition) is 2. The van der Waals surface area contributed by atoms with E-state index in [2.05, 4.69) is 10.3 Å². The summed E-state index contributed by atoms with van der Waals surface area (Å²) < 4.78 is 5.07. The standard InChI is InChI=1S/C16H14N2O3/c1-9-8-12(10(2)17-9)13(11-6-4-3-5-7-11)14-15(19)18-16(20)21-14/h3-8,17H,1-2H3,(H,18,19,20). The number of aryl methyl sites for hydroxylation is 2. The number of H-pyrrole nitrogens is 1. The summed E-state index contributed by atoms with van der Waals surface area (Å²) in [5.41, 5.74) is 4.16. The lowest BCUT2D eigenvalue weighted by Crippen LogP contribution is -2.19. The third kappa shape index (κ3) is 2.33. The van der Waals surface area contributed by atoms with E-state index in [0.717, 1.165) is 22.5 Å². The van der Waals surface area contributed by atoms with E-state index in [9.17, 15) is 9.59 Å². The predicted molar refractivity (Wildman–Crippen MR) is 77.4 cm³/mol. The van der Waals surface area contributed by atoms with Gasteiger partial charge in [-0.1, -0.05) is 30.3 Å². The van der Waals surface area contributed by atoms with Crippen molar-refractivity contribution in [2.75, 3.05) is 0 Å². The van der Waals surface area contributed by atoms with E-state index >= 15 is 0 Å². The Bertz CT molecular complexity index is 757. The SMILES string of the molecule is Cc1cc(C(=C2OC(=O)NC2=O)c2ccccc2)c(C)[nH]1. The van der Waals surface area contributed by atoms with E-state index in [1.165, 1.54) is 0 Å². The molecule has 2 aromatic rings. The van der Waals surface area contributed by atoms with Gasteiger partial charge < -0.3 is 9.72 Å². The zero-order chi connectivity index (χ0) is 15.0. The minimum Gasteiger partial charge on any atom is -0.403 e. The number of benzene rings is 1. The molecule has 1 aliphatic heterocycles.